The Morgan fingerprint density at radius 2 is 2.02 bits per heavy atom. The molecule has 1 saturated heterocycles. The summed E-state index contributed by atoms with van der Waals surface area (Å²) < 4.78 is 49.2. The summed E-state index contributed by atoms with van der Waals surface area (Å²) in [6.45, 7) is 8.25. The number of aromatic nitrogens is 3. The van der Waals surface area contributed by atoms with Crippen molar-refractivity contribution in [1.29, 1.82) is 0 Å². The smallest absolute Gasteiger partial charge is 0.261 e. The van der Waals surface area contributed by atoms with E-state index in [9.17, 15) is 18.0 Å². The maximum atomic E-state index is 14.8. The summed E-state index contributed by atoms with van der Waals surface area (Å²) in [4.78, 5) is 30.2. The standard InChI is InChI=1S/C38H44F3N7O2/c1-22-29-16-25(38(29,2)3)17-31(22)46-37(47-15-13-43-33(21-47)34(40)41)44-26-8-10-28-32(18-26)45-35(24-6-5-12-42-20-24)48(36(28)49)14-11-23-7-9-27(50-4)19-30(23)39/h5-10,12,18-20,22,25,29,31,33-34,43H,11,13-17,21H2,1-4H3,(H,44,46)/t22-,25+,29+,31+,33-/m1/s1. The minimum Gasteiger partial charge on any atom is -0.497 e. The van der Waals surface area contributed by atoms with E-state index in [-0.39, 0.29) is 31.1 Å². The number of piperazine rings is 1. The lowest BCUT2D eigenvalue weighted by atomic mass is 9.45. The molecule has 0 amide bonds. The third-order valence-electron chi connectivity index (χ3n) is 11.4. The van der Waals surface area contributed by atoms with Gasteiger partial charge >= 0.3 is 0 Å². The normalized spacial score (nSPS) is 24.7. The van der Waals surface area contributed by atoms with Crippen LogP contribution in [0.4, 0.5) is 18.9 Å². The highest BCUT2D eigenvalue weighted by atomic mass is 19.3. The number of alkyl halides is 2. The van der Waals surface area contributed by atoms with Gasteiger partial charge in [-0.15, -0.1) is 0 Å². The molecule has 264 valence electrons. The minimum atomic E-state index is -2.50. The van der Waals surface area contributed by atoms with Crippen molar-refractivity contribution in [2.24, 2.45) is 28.2 Å². The molecule has 3 aliphatic carbocycles. The molecule has 9 nitrogen and oxygen atoms in total. The summed E-state index contributed by atoms with van der Waals surface area (Å²) in [7, 11) is 1.48. The maximum absolute atomic E-state index is 14.8. The van der Waals surface area contributed by atoms with Crippen molar-refractivity contribution >= 4 is 22.5 Å². The SMILES string of the molecule is COc1ccc(CCn2c(-c3cccnc3)nc3cc(N=C(N[C@H]4C[C@@H]5C[C@@H]([C@H]4C)C5(C)C)N4CCN[C@@H](C(F)F)C4)ccc3c2=O)c(F)c1. The Bertz CT molecular complexity index is 1950. The first kappa shape index (κ1) is 34.0. The lowest BCUT2D eigenvalue weighted by Gasteiger charge is -2.62. The van der Waals surface area contributed by atoms with Crippen molar-refractivity contribution in [3.63, 3.8) is 0 Å². The number of pyridine rings is 1. The summed E-state index contributed by atoms with van der Waals surface area (Å²) in [6, 6.07) is 12.7. The molecule has 2 bridgehead atoms. The van der Waals surface area contributed by atoms with E-state index in [0.717, 1.165) is 6.42 Å². The number of hydrogen-bond donors (Lipinski definition) is 2. The predicted molar refractivity (Wildman–Crippen MR) is 188 cm³/mol. The lowest BCUT2D eigenvalue weighted by molar-refractivity contribution is -0.112. The third kappa shape index (κ3) is 6.45. The molecule has 0 spiro atoms. The number of guanidine groups is 1. The van der Waals surface area contributed by atoms with Gasteiger partial charge in [0.2, 0.25) is 0 Å². The Balaban J connectivity index is 1.25. The Morgan fingerprint density at radius 1 is 1.18 bits per heavy atom. The molecule has 12 heteroatoms. The van der Waals surface area contributed by atoms with Crippen LogP contribution in [-0.4, -0.2) is 70.6 Å². The highest BCUT2D eigenvalue weighted by Crippen LogP contribution is 2.61. The molecule has 0 unspecified atom stereocenters. The zero-order valence-electron chi connectivity index (χ0n) is 28.9. The van der Waals surface area contributed by atoms with Gasteiger partial charge in [0, 0.05) is 56.2 Å². The van der Waals surface area contributed by atoms with Crippen LogP contribution < -0.4 is 20.9 Å². The summed E-state index contributed by atoms with van der Waals surface area (Å²) >= 11 is 0. The van der Waals surface area contributed by atoms with Crippen LogP contribution in [0.3, 0.4) is 0 Å². The molecular formula is C38H44F3N7O2. The number of nitrogens with zero attached hydrogens (tertiary/aromatic N) is 5. The van der Waals surface area contributed by atoms with Crippen LogP contribution in [0.5, 0.6) is 5.75 Å². The Kier molecular flexibility index (Phi) is 9.32. The Morgan fingerprint density at radius 3 is 2.72 bits per heavy atom. The minimum absolute atomic E-state index is 0.124. The van der Waals surface area contributed by atoms with E-state index in [1.54, 1.807) is 53.4 Å². The molecule has 2 N–H and O–H groups in total. The summed E-state index contributed by atoms with van der Waals surface area (Å²) in [5.74, 6) is 2.59. The molecule has 4 fully saturated rings. The molecule has 0 radical (unpaired) electrons. The first-order valence-corrected chi connectivity index (χ1v) is 17.4. The second-order valence-electron chi connectivity index (χ2n) is 14.5. The van der Waals surface area contributed by atoms with Crippen LogP contribution in [0.25, 0.3) is 22.3 Å². The van der Waals surface area contributed by atoms with E-state index in [0.29, 0.717) is 81.5 Å². The van der Waals surface area contributed by atoms with Crippen molar-refractivity contribution in [1.82, 2.24) is 30.1 Å². The summed E-state index contributed by atoms with van der Waals surface area (Å²) in [6.07, 6.45) is 3.27. The number of nitrogens with one attached hydrogen (secondary N) is 2. The number of methoxy groups -OCH3 is 1. The molecule has 2 aromatic carbocycles. The molecule has 3 saturated carbocycles. The Hall–Kier alpha value is -4.45. The van der Waals surface area contributed by atoms with Gasteiger partial charge in [0.15, 0.2) is 5.96 Å². The van der Waals surface area contributed by atoms with Crippen molar-refractivity contribution in [3.8, 4) is 17.1 Å². The van der Waals surface area contributed by atoms with Crippen LogP contribution in [0.15, 0.2) is 70.7 Å². The highest BCUT2D eigenvalue weighted by Gasteiger charge is 2.56. The Labute approximate surface area is 290 Å². The van der Waals surface area contributed by atoms with Crippen LogP contribution >= 0.6 is 0 Å². The number of halogens is 3. The van der Waals surface area contributed by atoms with E-state index in [1.807, 2.05) is 11.0 Å². The molecule has 3 heterocycles. The molecule has 8 rings (SSSR count). The fourth-order valence-corrected chi connectivity index (χ4v) is 8.25. The van der Waals surface area contributed by atoms with Crippen LogP contribution in [0.1, 0.15) is 39.2 Å². The van der Waals surface area contributed by atoms with E-state index in [4.69, 9.17) is 14.7 Å². The fourth-order valence-electron chi connectivity index (χ4n) is 8.25. The van der Waals surface area contributed by atoms with Gasteiger partial charge in [-0.2, -0.15) is 0 Å². The van der Waals surface area contributed by atoms with E-state index >= 15 is 0 Å². The molecule has 5 atom stereocenters. The van der Waals surface area contributed by atoms with Gasteiger partial charge in [0.05, 0.1) is 29.7 Å². The molecule has 4 aromatic rings. The highest BCUT2D eigenvalue weighted by molar-refractivity contribution is 5.87. The van der Waals surface area contributed by atoms with E-state index in [1.165, 1.54) is 19.6 Å². The van der Waals surface area contributed by atoms with Gasteiger partial charge in [0.25, 0.3) is 12.0 Å². The predicted octanol–water partition coefficient (Wildman–Crippen LogP) is 6.04. The van der Waals surface area contributed by atoms with Crippen molar-refractivity contribution in [2.75, 3.05) is 26.7 Å². The largest absolute Gasteiger partial charge is 0.497 e. The average Bonchev–Trinajstić information content (AvgIpc) is 3.12. The third-order valence-corrected chi connectivity index (χ3v) is 11.4. The second-order valence-corrected chi connectivity index (χ2v) is 14.5. The summed E-state index contributed by atoms with van der Waals surface area (Å²) in [5, 5.41) is 7.03. The maximum Gasteiger partial charge on any atom is 0.261 e. The van der Waals surface area contributed by atoms with Crippen molar-refractivity contribution in [3.05, 3.63) is 82.7 Å². The number of benzene rings is 2. The number of aliphatic imine (C=N–C) groups is 1. The number of aryl methyl sites for hydroxylation is 1. The molecule has 4 aliphatic rings. The topological polar surface area (TPSA) is 96.7 Å². The number of rotatable bonds is 8. The van der Waals surface area contributed by atoms with Crippen LogP contribution in [0.2, 0.25) is 0 Å². The number of ether oxygens (including phenoxy) is 1. The van der Waals surface area contributed by atoms with E-state index < -0.39 is 18.3 Å². The number of fused-ring (bicyclic) bond motifs is 3. The molecule has 1 aliphatic heterocycles. The second kappa shape index (κ2) is 13.7. The van der Waals surface area contributed by atoms with Gasteiger partial charge in [-0.25, -0.2) is 23.1 Å². The number of hydrogen-bond acceptors (Lipinski definition) is 6. The first-order valence-electron chi connectivity index (χ1n) is 17.4. The van der Waals surface area contributed by atoms with Crippen molar-refractivity contribution < 1.29 is 17.9 Å². The van der Waals surface area contributed by atoms with Crippen molar-refractivity contribution in [2.45, 2.75) is 65.1 Å². The van der Waals surface area contributed by atoms with Crippen LogP contribution in [-0.2, 0) is 13.0 Å². The van der Waals surface area contributed by atoms with Gasteiger partial charge < -0.3 is 20.3 Å². The summed E-state index contributed by atoms with van der Waals surface area (Å²) in [5.41, 5.74) is 2.14. The van der Waals surface area contributed by atoms with Gasteiger partial charge in [-0.1, -0.05) is 26.8 Å². The monoisotopic (exact) mass is 687 g/mol. The zero-order chi connectivity index (χ0) is 35.2. The van der Waals surface area contributed by atoms with Gasteiger partial charge in [-0.05, 0) is 84.4 Å². The molecular weight excluding hydrogens is 643 g/mol. The lowest BCUT2D eigenvalue weighted by Crippen LogP contribution is -2.64. The van der Waals surface area contributed by atoms with Crippen LogP contribution in [0, 0.1) is 29.0 Å². The molecule has 50 heavy (non-hydrogen) atoms. The van der Waals surface area contributed by atoms with Gasteiger partial charge in [-0.3, -0.25) is 14.3 Å². The molecule has 2 aromatic heterocycles. The van der Waals surface area contributed by atoms with Gasteiger partial charge in [0.1, 0.15) is 17.4 Å². The quantitative estimate of drug-likeness (QED) is 0.172. The van der Waals surface area contributed by atoms with E-state index in [2.05, 4.69) is 36.4 Å². The fraction of sp³-hybridized carbons (Fsp3) is 0.474. The average molecular weight is 688 g/mol. The first-order chi connectivity index (χ1) is 24.0. The zero-order valence-corrected chi connectivity index (χ0v) is 28.9.